The van der Waals surface area contributed by atoms with Gasteiger partial charge in [-0.15, -0.1) is 11.3 Å². The molecule has 1 aliphatic carbocycles. The number of aromatic nitrogens is 2. The normalized spacial score (nSPS) is 12.9. The number of carbonyl (C=O) groups excluding carboxylic acids is 2. The molecule has 3 amide bonds. The number of thioether (sulfide) groups is 1. The van der Waals surface area contributed by atoms with E-state index >= 15 is 0 Å². The Morgan fingerprint density at radius 3 is 2.79 bits per heavy atom. The zero-order valence-electron chi connectivity index (χ0n) is 17.0. The number of aryl methyl sites for hydroxylation is 2. The van der Waals surface area contributed by atoms with Crippen molar-refractivity contribution in [2.45, 2.75) is 70.5 Å². The first-order valence-corrected chi connectivity index (χ1v) is 12.1. The number of urea groups is 1. The second-order valence-corrected chi connectivity index (χ2v) is 9.17. The number of imide groups is 1. The number of fused-ring (bicyclic) bond motifs is 3. The van der Waals surface area contributed by atoms with Gasteiger partial charge in [-0.25, -0.2) is 9.78 Å². The van der Waals surface area contributed by atoms with E-state index in [2.05, 4.69) is 17.6 Å². The number of thiophene rings is 1. The van der Waals surface area contributed by atoms with E-state index < -0.39 is 11.9 Å². The smallest absolute Gasteiger partial charge is 0.321 e. The van der Waals surface area contributed by atoms with Crippen molar-refractivity contribution in [3.8, 4) is 0 Å². The number of amides is 3. The Morgan fingerprint density at radius 1 is 1.21 bits per heavy atom. The summed E-state index contributed by atoms with van der Waals surface area (Å²) in [5.74, 6) is -0.365. The quantitative estimate of drug-likeness (QED) is 0.357. The minimum absolute atomic E-state index is 0.0116. The van der Waals surface area contributed by atoms with Crippen LogP contribution in [0.3, 0.4) is 0 Å². The maximum absolute atomic E-state index is 13.3. The van der Waals surface area contributed by atoms with Crippen LogP contribution in [0.1, 0.15) is 56.4 Å². The first-order valence-electron chi connectivity index (χ1n) is 10.3. The molecule has 2 aromatic rings. The molecule has 0 saturated heterocycles. The highest BCUT2D eigenvalue weighted by atomic mass is 32.2. The molecule has 3 rings (SSSR count). The second kappa shape index (κ2) is 10.2. The molecule has 29 heavy (non-hydrogen) atoms. The topological polar surface area (TPSA) is 93.1 Å². The van der Waals surface area contributed by atoms with Gasteiger partial charge in [0.1, 0.15) is 4.83 Å². The van der Waals surface area contributed by atoms with Gasteiger partial charge >= 0.3 is 6.03 Å². The summed E-state index contributed by atoms with van der Waals surface area (Å²) < 4.78 is 1.73. The van der Waals surface area contributed by atoms with Crippen molar-refractivity contribution in [1.29, 1.82) is 0 Å². The summed E-state index contributed by atoms with van der Waals surface area (Å²) in [5, 5.41) is 6.16. The van der Waals surface area contributed by atoms with Crippen LogP contribution in [0.15, 0.2) is 9.95 Å². The van der Waals surface area contributed by atoms with Gasteiger partial charge in [-0.05, 0) is 38.2 Å². The number of carbonyl (C=O) groups is 2. The summed E-state index contributed by atoms with van der Waals surface area (Å²) in [4.78, 5) is 43.7. The lowest BCUT2D eigenvalue weighted by molar-refractivity contribution is -0.117. The fourth-order valence-electron chi connectivity index (χ4n) is 3.56. The molecule has 0 aliphatic heterocycles. The summed E-state index contributed by atoms with van der Waals surface area (Å²) in [6.07, 6.45) is 7.30. The lowest BCUT2D eigenvalue weighted by Gasteiger charge is -2.12. The highest BCUT2D eigenvalue weighted by molar-refractivity contribution is 7.99. The van der Waals surface area contributed by atoms with Crippen LogP contribution in [0.4, 0.5) is 4.79 Å². The van der Waals surface area contributed by atoms with Gasteiger partial charge in [0.25, 0.3) is 5.56 Å². The molecule has 0 bridgehead atoms. The molecule has 7 nitrogen and oxygen atoms in total. The van der Waals surface area contributed by atoms with E-state index in [1.165, 1.54) is 22.2 Å². The number of hydrogen-bond donors (Lipinski definition) is 2. The number of nitrogens with zero attached hydrogens (tertiary/aromatic N) is 2. The molecule has 158 valence electrons. The van der Waals surface area contributed by atoms with Gasteiger partial charge in [0.2, 0.25) is 5.91 Å². The van der Waals surface area contributed by atoms with Crippen molar-refractivity contribution >= 4 is 45.3 Å². The fraction of sp³-hybridized carbons (Fsp3) is 0.600. The number of rotatable bonds is 9. The number of unbranched alkanes of at least 4 members (excludes halogenated alkanes) is 3. The van der Waals surface area contributed by atoms with E-state index in [1.807, 2.05) is 0 Å². The van der Waals surface area contributed by atoms with Gasteiger partial charge < -0.3 is 5.32 Å². The van der Waals surface area contributed by atoms with Crippen LogP contribution in [-0.4, -0.2) is 33.8 Å². The first-order chi connectivity index (χ1) is 14.0. The average Bonchev–Trinajstić information content (AvgIpc) is 3.26. The summed E-state index contributed by atoms with van der Waals surface area (Å²) in [6, 6.07) is -0.506. The van der Waals surface area contributed by atoms with Gasteiger partial charge in [0.15, 0.2) is 5.16 Å². The molecular formula is C20H28N4O3S2. The molecule has 0 unspecified atom stereocenters. The molecule has 2 N–H and O–H groups in total. The first kappa shape index (κ1) is 21.8. The predicted molar refractivity (Wildman–Crippen MR) is 118 cm³/mol. The zero-order chi connectivity index (χ0) is 20.8. The molecule has 9 heteroatoms. The van der Waals surface area contributed by atoms with Crippen LogP contribution in [0.5, 0.6) is 0 Å². The molecular weight excluding hydrogens is 408 g/mol. The zero-order valence-corrected chi connectivity index (χ0v) is 18.6. The molecule has 0 aromatic carbocycles. The van der Waals surface area contributed by atoms with Crippen LogP contribution >= 0.6 is 23.1 Å². The van der Waals surface area contributed by atoms with E-state index in [0.717, 1.165) is 55.2 Å². The Kier molecular flexibility index (Phi) is 7.71. The Labute approximate surface area is 178 Å². The van der Waals surface area contributed by atoms with Gasteiger partial charge in [-0.2, -0.15) is 0 Å². The number of nitrogens with one attached hydrogen (secondary N) is 2. The van der Waals surface area contributed by atoms with E-state index in [9.17, 15) is 14.4 Å². The lowest BCUT2D eigenvalue weighted by atomic mass is 10.2. The van der Waals surface area contributed by atoms with Crippen molar-refractivity contribution in [3.05, 3.63) is 20.8 Å². The van der Waals surface area contributed by atoms with E-state index in [-0.39, 0.29) is 11.3 Å². The Bertz CT molecular complexity index is 951. The van der Waals surface area contributed by atoms with Crippen LogP contribution in [0.25, 0.3) is 10.2 Å². The van der Waals surface area contributed by atoms with Crippen molar-refractivity contribution in [2.24, 2.45) is 0 Å². The molecule has 2 aromatic heterocycles. The van der Waals surface area contributed by atoms with Crippen molar-refractivity contribution in [2.75, 3.05) is 12.3 Å². The maximum atomic E-state index is 13.3. The maximum Gasteiger partial charge on any atom is 0.321 e. The van der Waals surface area contributed by atoms with Crippen LogP contribution in [0, 0.1) is 0 Å². The highest BCUT2D eigenvalue weighted by Gasteiger charge is 2.23. The standard InChI is InChI=1S/C20H28N4O3S2/c1-3-5-6-7-11-24-18(26)16-13-9-8-10-14(13)29-17(16)23-20(24)28-12-15(25)22-19(27)21-4-2/h3-12H2,1-2H3,(H2,21,22,25,27). The molecule has 2 heterocycles. The summed E-state index contributed by atoms with van der Waals surface area (Å²) >= 11 is 2.82. The monoisotopic (exact) mass is 436 g/mol. The van der Waals surface area contributed by atoms with Crippen LogP contribution < -0.4 is 16.2 Å². The lowest BCUT2D eigenvalue weighted by Crippen LogP contribution is -2.40. The van der Waals surface area contributed by atoms with Crippen LogP contribution in [0.2, 0.25) is 0 Å². The minimum atomic E-state index is -0.506. The van der Waals surface area contributed by atoms with Gasteiger partial charge in [0, 0.05) is 18.0 Å². The van der Waals surface area contributed by atoms with Crippen molar-refractivity contribution in [1.82, 2.24) is 20.2 Å². The fourth-order valence-corrected chi connectivity index (χ4v) is 5.69. The summed E-state index contributed by atoms with van der Waals surface area (Å²) in [6.45, 7) is 4.99. The summed E-state index contributed by atoms with van der Waals surface area (Å²) in [5.41, 5.74) is 1.19. The largest absolute Gasteiger partial charge is 0.338 e. The van der Waals surface area contributed by atoms with Gasteiger partial charge in [-0.3, -0.25) is 19.5 Å². The predicted octanol–water partition coefficient (Wildman–Crippen LogP) is 3.46. The summed E-state index contributed by atoms with van der Waals surface area (Å²) in [7, 11) is 0. The van der Waals surface area contributed by atoms with E-state index in [1.54, 1.807) is 22.8 Å². The SMILES string of the molecule is CCCCCCn1c(SCC(=O)NC(=O)NCC)nc2sc3c(c2c1=O)CCC3. The third kappa shape index (κ3) is 5.19. The third-order valence-corrected chi connectivity index (χ3v) is 7.11. The van der Waals surface area contributed by atoms with Gasteiger partial charge in [-0.1, -0.05) is 37.9 Å². The van der Waals surface area contributed by atoms with Crippen molar-refractivity contribution < 1.29 is 9.59 Å². The Morgan fingerprint density at radius 2 is 2.03 bits per heavy atom. The number of hydrogen-bond acceptors (Lipinski definition) is 6. The Balaban J connectivity index is 1.83. The van der Waals surface area contributed by atoms with Gasteiger partial charge in [0.05, 0.1) is 11.1 Å². The molecule has 0 fully saturated rings. The van der Waals surface area contributed by atoms with E-state index in [0.29, 0.717) is 18.2 Å². The van der Waals surface area contributed by atoms with Crippen molar-refractivity contribution in [3.63, 3.8) is 0 Å². The third-order valence-electron chi connectivity index (χ3n) is 4.95. The molecule has 0 radical (unpaired) electrons. The highest BCUT2D eigenvalue weighted by Crippen LogP contribution is 2.35. The molecule has 0 saturated carbocycles. The second-order valence-electron chi connectivity index (χ2n) is 7.15. The van der Waals surface area contributed by atoms with Crippen LogP contribution in [-0.2, 0) is 24.2 Å². The molecule has 0 atom stereocenters. The Hall–Kier alpha value is -1.87. The van der Waals surface area contributed by atoms with E-state index in [4.69, 9.17) is 4.98 Å². The average molecular weight is 437 g/mol. The minimum Gasteiger partial charge on any atom is -0.338 e. The molecule has 1 aliphatic rings. The molecule has 0 spiro atoms.